The van der Waals surface area contributed by atoms with Gasteiger partial charge in [-0.05, 0) is 25.5 Å². The number of alkyl halides is 3. The molecule has 1 amide bonds. The number of nitrogens with zero attached hydrogens (tertiary/aromatic N) is 2. The molecule has 0 aliphatic carbocycles. The molecule has 0 fully saturated rings. The summed E-state index contributed by atoms with van der Waals surface area (Å²) >= 11 is 0.951. The van der Waals surface area contributed by atoms with Crippen molar-refractivity contribution in [2.75, 3.05) is 12.3 Å². The molecule has 2 aromatic rings. The molecule has 1 heterocycles. The molecular weight excluding hydrogens is 355 g/mol. The highest BCUT2D eigenvalue weighted by Crippen LogP contribution is 2.22. The number of rotatable bonds is 6. The van der Waals surface area contributed by atoms with Crippen molar-refractivity contribution in [3.63, 3.8) is 0 Å². The fourth-order valence-corrected chi connectivity index (χ4v) is 3.11. The zero-order valence-electron chi connectivity index (χ0n) is 13.8. The first-order valence-corrected chi connectivity index (χ1v) is 8.69. The number of thioether (sulfide) groups is 1. The van der Waals surface area contributed by atoms with Gasteiger partial charge in [-0.1, -0.05) is 30.8 Å². The van der Waals surface area contributed by atoms with Gasteiger partial charge in [0.15, 0.2) is 5.16 Å². The van der Waals surface area contributed by atoms with Crippen molar-refractivity contribution in [2.24, 2.45) is 0 Å². The van der Waals surface area contributed by atoms with Gasteiger partial charge in [-0.3, -0.25) is 14.2 Å². The van der Waals surface area contributed by atoms with E-state index in [1.807, 2.05) is 19.2 Å². The van der Waals surface area contributed by atoms with Gasteiger partial charge >= 0.3 is 6.18 Å². The Hall–Kier alpha value is -2.03. The Kier molecular flexibility index (Phi) is 6.10. The van der Waals surface area contributed by atoms with Crippen LogP contribution in [0.25, 0.3) is 10.9 Å². The number of hydrogen-bond acceptors (Lipinski definition) is 4. The summed E-state index contributed by atoms with van der Waals surface area (Å²) in [5.41, 5.74) is 0.267. The molecule has 5 nitrogen and oxygen atoms in total. The van der Waals surface area contributed by atoms with Crippen molar-refractivity contribution in [3.05, 3.63) is 34.6 Å². The van der Waals surface area contributed by atoms with E-state index in [0.717, 1.165) is 11.8 Å². The zero-order valence-corrected chi connectivity index (χ0v) is 14.6. The van der Waals surface area contributed by atoms with Crippen LogP contribution in [0, 0.1) is 0 Å². The van der Waals surface area contributed by atoms with Gasteiger partial charge in [0.1, 0.15) is 6.54 Å². The third-order valence-corrected chi connectivity index (χ3v) is 4.58. The van der Waals surface area contributed by atoms with Crippen LogP contribution in [-0.4, -0.2) is 33.9 Å². The van der Waals surface area contributed by atoms with Crippen LogP contribution >= 0.6 is 11.8 Å². The number of benzene rings is 1. The Balaban J connectivity index is 2.27. The van der Waals surface area contributed by atoms with Crippen molar-refractivity contribution < 1.29 is 18.0 Å². The number of aromatic nitrogens is 2. The van der Waals surface area contributed by atoms with Gasteiger partial charge in [0.25, 0.3) is 5.56 Å². The quantitative estimate of drug-likeness (QED) is 0.624. The lowest BCUT2D eigenvalue weighted by Crippen LogP contribution is -2.35. The molecule has 1 aromatic carbocycles. The van der Waals surface area contributed by atoms with E-state index in [-0.39, 0.29) is 17.4 Å². The van der Waals surface area contributed by atoms with Crippen molar-refractivity contribution in [1.82, 2.24) is 14.9 Å². The molecular formula is C16H18F3N3O2S. The van der Waals surface area contributed by atoms with E-state index in [4.69, 9.17) is 0 Å². The summed E-state index contributed by atoms with van der Waals surface area (Å²) in [5, 5.41) is 2.59. The predicted molar refractivity (Wildman–Crippen MR) is 90.8 cm³/mol. The van der Waals surface area contributed by atoms with Gasteiger partial charge in [-0.15, -0.1) is 0 Å². The molecule has 0 spiro atoms. The topological polar surface area (TPSA) is 64.0 Å². The molecule has 25 heavy (non-hydrogen) atoms. The number of amides is 1. The highest BCUT2D eigenvalue weighted by Gasteiger charge is 2.27. The normalized spacial score (nSPS) is 13.0. The molecule has 0 aliphatic rings. The minimum absolute atomic E-state index is 0.148. The second-order valence-electron chi connectivity index (χ2n) is 5.52. The fraction of sp³-hybridized carbons (Fsp3) is 0.438. The molecule has 1 atom stereocenters. The van der Waals surface area contributed by atoms with E-state index in [9.17, 15) is 22.8 Å². The van der Waals surface area contributed by atoms with Gasteiger partial charge in [0, 0.05) is 6.04 Å². The summed E-state index contributed by atoms with van der Waals surface area (Å²) in [6.45, 7) is 2.39. The van der Waals surface area contributed by atoms with Crippen LogP contribution < -0.4 is 10.9 Å². The van der Waals surface area contributed by atoms with Gasteiger partial charge in [0.2, 0.25) is 5.91 Å². The molecule has 0 aliphatic heterocycles. The molecule has 1 aromatic heterocycles. The first-order valence-electron chi connectivity index (χ1n) is 7.70. The number of halogens is 3. The summed E-state index contributed by atoms with van der Waals surface area (Å²) in [6.07, 6.45) is -3.78. The van der Waals surface area contributed by atoms with Crippen LogP contribution in [0.2, 0.25) is 0 Å². The maximum Gasteiger partial charge on any atom is 0.405 e. The molecule has 2 rings (SSSR count). The molecule has 1 N–H and O–H groups in total. The number of carbonyl (C=O) groups excluding carboxylic acids is 1. The molecule has 0 unspecified atom stereocenters. The van der Waals surface area contributed by atoms with E-state index >= 15 is 0 Å². The van der Waals surface area contributed by atoms with Crippen LogP contribution in [0.4, 0.5) is 13.2 Å². The fourth-order valence-electron chi connectivity index (χ4n) is 2.18. The molecule has 136 valence electrons. The van der Waals surface area contributed by atoms with Crippen molar-refractivity contribution in [1.29, 1.82) is 0 Å². The number of para-hydroxylation sites is 1. The summed E-state index contributed by atoms with van der Waals surface area (Å²) in [7, 11) is 0. The van der Waals surface area contributed by atoms with Gasteiger partial charge < -0.3 is 5.32 Å². The second-order valence-corrected chi connectivity index (χ2v) is 6.47. The number of nitrogens with one attached hydrogen (secondary N) is 1. The van der Waals surface area contributed by atoms with E-state index in [2.05, 4.69) is 4.98 Å². The highest BCUT2D eigenvalue weighted by molar-refractivity contribution is 7.99. The first-order chi connectivity index (χ1) is 11.7. The van der Waals surface area contributed by atoms with E-state index in [0.29, 0.717) is 22.5 Å². The van der Waals surface area contributed by atoms with Crippen LogP contribution in [-0.2, 0) is 4.79 Å². The Labute approximate surface area is 146 Å². The lowest BCUT2D eigenvalue weighted by molar-refractivity contribution is -0.136. The minimum Gasteiger partial charge on any atom is -0.346 e. The Bertz CT molecular complexity index is 820. The van der Waals surface area contributed by atoms with E-state index < -0.39 is 18.6 Å². The van der Waals surface area contributed by atoms with E-state index in [1.165, 1.54) is 4.57 Å². The summed E-state index contributed by atoms with van der Waals surface area (Å²) in [6, 6.07) is 6.70. The second kappa shape index (κ2) is 7.90. The lowest BCUT2D eigenvalue weighted by atomic mass is 10.2. The molecule has 9 heteroatoms. The highest BCUT2D eigenvalue weighted by atomic mass is 32.2. The van der Waals surface area contributed by atoms with Crippen LogP contribution in [0.15, 0.2) is 34.2 Å². The lowest BCUT2D eigenvalue weighted by Gasteiger charge is -2.18. The van der Waals surface area contributed by atoms with Crippen molar-refractivity contribution >= 4 is 28.6 Å². The van der Waals surface area contributed by atoms with Crippen LogP contribution in [0.1, 0.15) is 26.3 Å². The average Bonchev–Trinajstić information content (AvgIpc) is 2.57. The Morgan fingerprint density at radius 1 is 1.36 bits per heavy atom. The summed E-state index contributed by atoms with van der Waals surface area (Å²) in [5.74, 6) is -1.02. The van der Waals surface area contributed by atoms with Crippen molar-refractivity contribution in [2.45, 2.75) is 37.6 Å². The first kappa shape index (κ1) is 19.3. The molecule has 0 bridgehead atoms. The molecule has 0 saturated heterocycles. The van der Waals surface area contributed by atoms with Gasteiger partial charge in [-0.25, -0.2) is 4.98 Å². The smallest absolute Gasteiger partial charge is 0.346 e. The summed E-state index contributed by atoms with van der Waals surface area (Å²) in [4.78, 5) is 28.7. The van der Waals surface area contributed by atoms with Crippen LogP contribution in [0.5, 0.6) is 0 Å². The standard InChI is InChI=1S/C16H18F3N3O2S/c1-3-10(2)22-14(24)11-6-4-5-7-12(11)21-15(22)25-8-13(23)20-9-16(17,18)19/h4-7,10H,3,8-9H2,1-2H3,(H,20,23)/t10-/m0/s1. The number of fused-ring (bicyclic) bond motifs is 1. The Morgan fingerprint density at radius 3 is 2.68 bits per heavy atom. The summed E-state index contributed by atoms with van der Waals surface area (Å²) < 4.78 is 37.9. The minimum atomic E-state index is -4.46. The monoisotopic (exact) mass is 373 g/mol. The molecule has 0 saturated carbocycles. The predicted octanol–water partition coefficient (Wildman–Crippen LogP) is 3.14. The van der Waals surface area contributed by atoms with E-state index in [1.54, 1.807) is 24.3 Å². The van der Waals surface area contributed by atoms with Gasteiger partial charge in [-0.2, -0.15) is 13.2 Å². The van der Waals surface area contributed by atoms with Crippen LogP contribution in [0.3, 0.4) is 0 Å². The SMILES string of the molecule is CC[C@H](C)n1c(SCC(=O)NCC(F)(F)F)nc2ccccc2c1=O. The Morgan fingerprint density at radius 2 is 2.04 bits per heavy atom. The molecule has 0 radical (unpaired) electrons. The largest absolute Gasteiger partial charge is 0.405 e. The zero-order chi connectivity index (χ0) is 18.6. The van der Waals surface area contributed by atoms with Crippen molar-refractivity contribution in [3.8, 4) is 0 Å². The maximum atomic E-state index is 12.7. The third-order valence-electron chi connectivity index (χ3n) is 3.63. The number of hydrogen-bond donors (Lipinski definition) is 1. The number of carbonyl (C=O) groups is 1. The average molecular weight is 373 g/mol. The maximum absolute atomic E-state index is 12.7. The third kappa shape index (κ3) is 4.97. The van der Waals surface area contributed by atoms with Gasteiger partial charge in [0.05, 0.1) is 16.7 Å².